The third-order valence-electron chi connectivity index (χ3n) is 3.77. The molecule has 0 bridgehead atoms. The highest BCUT2D eigenvalue weighted by Crippen LogP contribution is 2.35. The summed E-state index contributed by atoms with van der Waals surface area (Å²) in [5.41, 5.74) is 1.03. The average Bonchev–Trinajstić information content (AvgIpc) is 3.02. The Balaban J connectivity index is 1.47. The summed E-state index contributed by atoms with van der Waals surface area (Å²) in [6.45, 7) is 0.528. The fraction of sp³-hybridized carbons (Fsp3) is 0.235. The molecule has 2 aliphatic heterocycles. The lowest BCUT2D eigenvalue weighted by atomic mass is 9.97. The SMILES string of the molecule is O=C(Oc1ccc2c(c1)OCO2)[C@H]1COc2ccccc2C1. The molecule has 5 nitrogen and oxygen atoms in total. The molecule has 0 unspecified atom stereocenters. The second-order valence-electron chi connectivity index (χ2n) is 5.26. The Morgan fingerprint density at radius 3 is 2.82 bits per heavy atom. The molecule has 5 heteroatoms. The van der Waals surface area contributed by atoms with Gasteiger partial charge in [-0.3, -0.25) is 4.79 Å². The topological polar surface area (TPSA) is 54.0 Å². The fourth-order valence-corrected chi connectivity index (χ4v) is 2.62. The Kier molecular flexibility index (Phi) is 3.11. The molecular weight excluding hydrogens is 284 g/mol. The maximum Gasteiger partial charge on any atom is 0.318 e. The number of benzene rings is 2. The zero-order valence-corrected chi connectivity index (χ0v) is 11.8. The Bertz CT molecular complexity index is 725. The number of esters is 1. The zero-order valence-electron chi connectivity index (χ0n) is 11.8. The van der Waals surface area contributed by atoms with E-state index in [0.29, 0.717) is 30.3 Å². The first-order valence-electron chi connectivity index (χ1n) is 7.11. The van der Waals surface area contributed by atoms with Crippen LogP contribution >= 0.6 is 0 Å². The molecule has 4 rings (SSSR count). The van der Waals surface area contributed by atoms with Crippen molar-refractivity contribution < 1.29 is 23.7 Å². The molecule has 2 heterocycles. The minimum absolute atomic E-state index is 0.194. The third-order valence-corrected chi connectivity index (χ3v) is 3.77. The Morgan fingerprint density at radius 2 is 1.86 bits per heavy atom. The number of hydrogen-bond donors (Lipinski definition) is 0. The van der Waals surface area contributed by atoms with Gasteiger partial charge in [-0.05, 0) is 30.2 Å². The van der Waals surface area contributed by atoms with Gasteiger partial charge in [0.1, 0.15) is 18.1 Å². The van der Waals surface area contributed by atoms with E-state index in [4.69, 9.17) is 18.9 Å². The number of para-hydroxylation sites is 1. The third kappa shape index (κ3) is 2.35. The maximum atomic E-state index is 12.3. The molecule has 0 aromatic heterocycles. The standard InChI is InChI=1S/C17H14O5/c18-17(12-7-11-3-1-2-4-14(11)19-9-12)22-13-5-6-15-16(8-13)21-10-20-15/h1-6,8,12H,7,9-10H2/t12-/m1/s1. The summed E-state index contributed by atoms with van der Waals surface area (Å²) in [6, 6.07) is 12.8. The number of ether oxygens (including phenoxy) is 4. The molecule has 1 atom stereocenters. The Labute approximate surface area is 127 Å². The molecule has 0 radical (unpaired) electrons. The predicted octanol–water partition coefficient (Wildman–Crippen LogP) is 2.57. The lowest BCUT2D eigenvalue weighted by Crippen LogP contribution is -2.31. The van der Waals surface area contributed by atoms with Crippen LogP contribution in [0.4, 0.5) is 0 Å². The number of carbonyl (C=O) groups is 1. The van der Waals surface area contributed by atoms with Crippen molar-refractivity contribution in [3.8, 4) is 23.0 Å². The maximum absolute atomic E-state index is 12.3. The van der Waals surface area contributed by atoms with Gasteiger partial charge in [-0.25, -0.2) is 0 Å². The predicted molar refractivity (Wildman–Crippen MR) is 77.3 cm³/mol. The summed E-state index contributed by atoms with van der Waals surface area (Å²) in [6.07, 6.45) is 0.625. The van der Waals surface area contributed by atoms with Crippen LogP contribution in [0.1, 0.15) is 5.56 Å². The summed E-state index contributed by atoms with van der Waals surface area (Å²) < 4.78 is 21.6. The first kappa shape index (κ1) is 13.0. The molecule has 22 heavy (non-hydrogen) atoms. The molecule has 2 aromatic carbocycles. The van der Waals surface area contributed by atoms with Crippen molar-refractivity contribution in [2.75, 3.05) is 13.4 Å². The first-order chi connectivity index (χ1) is 10.8. The van der Waals surface area contributed by atoms with Crippen LogP contribution in [0.2, 0.25) is 0 Å². The van der Waals surface area contributed by atoms with Crippen LogP contribution in [0, 0.1) is 5.92 Å². The van der Waals surface area contributed by atoms with Gasteiger partial charge < -0.3 is 18.9 Å². The van der Waals surface area contributed by atoms with Gasteiger partial charge in [0.05, 0.1) is 5.92 Å². The molecule has 0 fully saturated rings. The van der Waals surface area contributed by atoms with Gasteiger partial charge in [0.2, 0.25) is 6.79 Å². The minimum atomic E-state index is -0.305. The van der Waals surface area contributed by atoms with Crippen LogP contribution < -0.4 is 18.9 Å². The summed E-state index contributed by atoms with van der Waals surface area (Å²) >= 11 is 0. The van der Waals surface area contributed by atoms with Crippen LogP contribution in [0.15, 0.2) is 42.5 Å². The van der Waals surface area contributed by atoms with Crippen LogP contribution in [0.5, 0.6) is 23.0 Å². The van der Waals surface area contributed by atoms with Gasteiger partial charge in [0.25, 0.3) is 0 Å². The molecule has 0 spiro atoms. The Morgan fingerprint density at radius 1 is 1.00 bits per heavy atom. The summed E-state index contributed by atoms with van der Waals surface area (Å²) in [4.78, 5) is 12.3. The lowest BCUT2D eigenvalue weighted by Gasteiger charge is -2.23. The van der Waals surface area contributed by atoms with E-state index in [0.717, 1.165) is 11.3 Å². The second kappa shape index (κ2) is 5.26. The number of carbonyl (C=O) groups excluding carboxylic acids is 1. The van der Waals surface area contributed by atoms with Crippen molar-refractivity contribution in [2.45, 2.75) is 6.42 Å². The van der Waals surface area contributed by atoms with Gasteiger partial charge in [0.15, 0.2) is 11.5 Å². The van der Waals surface area contributed by atoms with E-state index in [2.05, 4.69) is 0 Å². The molecule has 2 aliphatic rings. The molecule has 0 amide bonds. The first-order valence-corrected chi connectivity index (χ1v) is 7.11. The monoisotopic (exact) mass is 298 g/mol. The normalized spacial score (nSPS) is 18.3. The summed E-state index contributed by atoms with van der Waals surface area (Å²) in [7, 11) is 0. The fourth-order valence-electron chi connectivity index (χ4n) is 2.62. The van der Waals surface area contributed by atoms with E-state index in [1.807, 2.05) is 24.3 Å². The van der Waals surface area contributed by atoms with Crippen molar-refractivity contribution in [1.82, 2.24) is 0 Å². The quantitative estimate of drug-likeness (QED) is 0.630. The van der Waals surface area contributed by atoms with Crippen molar-refractivity contribution in [1.29, 1.82) is 0 Å². The van der Waals surface area contributed by atoms with Gasteiger partial charge in [0, 0.05) is 6.07 Å². The van der Waals surface area contributed by atoms with Crippen molar-refractivity contribution in [3.05, 3.63) is 48.0 Å². The van der Waals surface area contributed by atoms with Gasteiger partial charge in [-0.1, -0.05) is 18.2 Å². The minimum Gasteiger partial charge on any atom is -0.492 e. The molecule has 0 aliphatic carbocycles. The van der Waals surface area contributed by atoms with Crippen molar-refractivity contribution in [3.63, 3.8) is 0 Å². The lowest BCUT2D eigenvalue weighted by molar-refractivity contribution is -0.140. The highest BCUT2D eigenvalue weighted by atomic mass is 16.7. The smallest absolute Gasteiger partial charge is 0.318 e. The van der Waals surface area contributed by atoms with Gasteiger partial charge in [-0.2, -0.15) is 0 Å². The summed E-state index contributed by atoms with van der Waals surface area (Å²) in [5, 5.41) is 0. The van der Waals surface area contributed by atoms with Crippen LogP contribution in [0.25, 0.3) is 0 Å². The van der Waals surface area contributed by atoms with E-state index in [1.54, 1.807) is 18.2 Å². The van der Waals surface area contributed by atoms with E-state index in [9.17, 15) is 4.79 Å². The second-order valence-corrected chi connectivity index (χ2v) is 5.26. The molecule has 2 aromatic rings. The molecule has 0 saturated heterocycles. The van der Waals surface area contributed by atoms with Crippen LogP contribution in [-0.4, -0.2) is 19.4 Å². The average molecular weight is 298 g/mol. The largest absolute Gasteiger partial charge is 0.492 e. The summed E-state index contributed by atoms with van der Waals surface area (Å²) in [5.74, 6) is 1.95. The van der Waals surface area contributed by atoms with E-state index < -0.39 is 0 Å². The van der Waals surface area contributed by atoms with Gasteiger partial charge >= 0.3 is 5.97 Å². The molecule has 0 N–H and O–H groups in total. The molecule has 112 valence electrons. The van der Waals surface area contributed by atoms with Gasteiger partial charge in [-0.15, -0.1) is 0 Å². The van der Waals surface area contributed by atoms with Crippen LogP contribution in [-0.2, 0) is 11.2 Å². The van der Waals surface area contributed by atoms with Crippen molar-refractivity contribution >= 4 is 5.97 Å². The number of fused-ring (bicyclic) bond motifs is 2. The molecular formula is C17H14O5. The van der Waals surface area contributed by atoms with E-state index in [1.165, 1.54) is 0 Å². The van der Waals surface area contributed by atoms with E-state index >= 15 is 0 Å². The molecule has 0 saturated carbocycles. The van der Waals surface area contributed by atoms with Crippen LogP contribution in [0.3, 0.4) is 0 Å². The zero-order chi connectivity index (χ0) is 14.9. The highest BCUT2D eigenvalue weighted by Gasteiger charge is 2.28. The number of hydrogen-bond acceptors (Lipinski definition) is 5. The number of rotatable bonds is 2. The Hall–Kier alpha value is -2.69. The highest BCUT2D eigenvalue weighted by molar-refractivity contribution is 5.76. The van der Waals surface area contributed by atoms with Crippen molar-refractivity contribution in [2.24, 2.45) is 5.92 Å². The van der Waals surface area contributed by atoms with E-state index in [-0.39, 0.29) is 18.7 Å².